The summed E-state index contributed by atoms with van der Waals surface area (Å²) in [4.78, 5) is 27.6. The highest BCUT2D eigenvalue weighted by atomic mass is 16.4. The molecular weight excluding hydrogens is 358 g/mol. The highest BCUT2D eigenvalue weighted by Gasteiger charge is 2.24. The lowest BCUT2D eigenvalue weighted by Crippen LogP contribution is -2.33. The van der Waals surface area contributed by atoms with Crippen molar-refractivity contribution in [1.29, 1.82) is 0 Å². The smallest absolute Gasteiger partial charge is 0.334 e. The third kappa shape index (κ3) is 2.71. The maximum atomic E-state index is 13.2. The minimum atomic E-state index is -1.65. The second-order valence-corrected chi connectivity index (χ2v) is 7.02. The van der Waals surface area contributed by atoms with Crippen molar-refractivity contribution in [2.24, 2.45) is 0 Å². The normalized spacial score (nSPS) is 13.8. The second kappa shape index (κ2) is 6.69. The van der Waals surface area contributed by atoms with Gasteiger partial charge in [0.25, 0.3) is 0 Å². The van der Waals surface area contributed by atoms with E-state index >= 15 is 0 Å². The van der Waals surface area contributed by atoms with Crippen LogP contribution in [-0.2, 0) is 11.3 Å². The third-order valence-corrected chi connectivity index (χ3v) is 5.29. The molecule has 28 heavy (non-hydrogen) atoms. The number of H-pyrrole nitrogens is 1. The van der Waals surface area contributed by atoms with Gasteiger partial charge in [0.2, 0.25) is 0 Å². The Hall–Kier alpha value is -3.32. The van der Waals surface area contributed by atoms with E-state index in [0.29, 0.717) is 11.0 Å². The zero-order valence-electron chi connectivity index (χ0n) is 15.6. The van der Waals surface area contributed by atoms with Crippen molar-refractivity contribution in [3.05, 3.63) is 70.3 Å². The summed E-state index contributed by atoms with van der Waals surface area (Å²) in [5.41, 5.74) is 4.03. The van der Waals surface area contributed by atoms with Gasteiger partial charge in [0.05, 0.1) is 23.6 Å². The number of aryl methyl sites for hydroxylation is 1. The third-order valence-electron chi connectivity index (χ3n) is 5.29. The molecule has 3 N–H and O–H groups in total. The Balaban J connectivity index is 1.92. The fraction of sp³-hybridized carbons (Fsp3) is 0.238. The first-order valence-corrected chi connectivity index (χ1v) is 9.07. The van der Waals surface area contributed by atoms with E-state index < -0.39 is 12.1 Å². The van der Waals surface area contributed by atoms with Crippen molar-refractivity contribution in [1.82, 2.24) is 14.1 Å². The van der Waals surface area contributed by atoms with Gasteiger partial charge >= 0.3 is 11.7 Å². The van der Waals surface area contributed by atoms with Gasteiger partial charge in [-0.2, -0.15) is 0 Å². The molecule has 0 aliphatic rings. The van der Waals surface area contributed by atoms with Crippen molar-refractivity contribution in [2.75, 3.05) is 0 Å². The number of hydrogen-bond acceptors (Lipinski definition) is 3. The number of aliphatic hydroxyl groups is 1. The van der Waals surface area contributed by atoms with Crippen LogP contribution in [0.5, 0.6) is 0 Å². The molecule has 4 rings (SSSR count). The molecule has 0 spiro atoms. The number of para-hydroxylation sites is 2. The maximum Gasteiger partial charge on any atom is 0.334 e. The molecule has 2 atom stereocenters. The Morgan fingerprint density at radius 2 is 1.86 bits per heavy atom. The Morgan fingerprint density at radius 3 is 2.57 bits per heavy atom. The van der Waals surface area contributed by atoms with Gasteiger partial charge in [-0.1, -0.05) is 24.3 Å². The summed E-state index contributed by atoms with van der Waals surface area (Å²) in [6.45, 7) is 3.67. The second-order valence-electron chi connectivity index (χ2n) is 7.02. The molecule has 2 aromatic carbocycles. The number of aliphatic carboxylic acids is 1. The van der Waals surface area contributed by atoms with Crippen LogP contribution in [0.15, 0.2) is 53.5 Å². The first-order valence-electron chi connectivity index (χ1n) is 9.07. The average molecular weight is 379 g/mol. The van der Waals surface area contributed by atoms with Gasteiger partial charge in [-0.3, -0.25) is 9.13 Å². The van der Waals surface area contributed by atoms with Crippen LogP contribution in [0.2, 0.25) is 0 Å². The van der Waals surface area contributed by atoms with Crippen LogP contribution >= 0.6 is 0 Å². The molecule has 0 amide bonds. The van der Waals surface area contributed by atoms with E-state index in [4.69, 9.17) is 5.11 Å². The number of imidazole rings is 1. The quantitative estimate of drug-likeness (QED) is 0.496. The fourth-order valence-corrected chi connectivity index (χ4v) is 3.90. The molecule has 0 aliphatic heterocycles. The summed E-state index contributed by atoms with van der Waals surface area (Å²) < 4.78 is 2.98. The van der Waals surface area contributed by atoms with Crippen LogP contribution in [0.1, 0.15) is 24.1 Å². The Morgan fingerprint density at radius 1 is 1.14 bits per heavy atom. The van der Waals surface area contributed by atoms with E-state index in [1.807, 2.05) is 50.4 Å². The van der Waals surface area contributed by atoms with Crippen LogP contribution in [0.25, 0.3) is 21.9 Å². The summed E-state index contributed by atoms with van der Waals surface area (Å²) >= 11 is 0. The van der Waals surface area contributed by atoms with Gasteiger partial charge in [0.1, 0.15) is 0 Å². The van der Waals surface area contributed by atoms with Gasteiger partial charge < -0.3 is 15.2 Å². The van der Waals surface area contributed by atoms with Gasteiger partial charge in [-0.15, -0.1) is 0 Å². The van der Waals surface area contributed by atoms with Gasteiger partial charge in [0.15, 0.2) is 6.10 Å². The van der Waals surface area contributed by atoms with Gasteiger partial charge in [0, 0.05) is 22.7 Å². The molecule has 0 saturated carbocycles. The van der Waals surface area contributed by atoms with Crippen LogP contribution in [0, 0.1) is 6.92 Å². The molecule has 0 fully saturated rings. The van der Waals surface area contributed by atoms with E-state index in [1.165, 1.54) is 4.57 Å². The number of aromatic amines is 1. The first kappa shape index (κ1) is 18.1. The molecule has 4 aromatic rings. The van der Waals surface area contributed by atoms with Crippen molar-refractivity contribution in [3.8, 4) is 0 Å². The topological polar surface area (TPSA) is 100 Å². The highest BCUT2D eigenvalue weighted by Crippen LogP contribution is 2.30. The van der Waals surface area contributed by atoms with Crippen molar-refractivity contribution >= 4 is 27.9 Å². The number of rotatable bonds is 5. The lowest BCUT2D eigenvalue weighted by atomic mass is 10.0. The molecule has 144 valence electrons. The van der Waals surface area contributed by atoms with E-state index in [-0.39, 0.29) is 18.3 Å². The van der Waals surface area contributed by atoms with E-state index in [2.05, 4.69) is 4.98 Å². The molecule has 2 unspecified atom stereocenters. The summed E-state index contributed by atoms with van der Waals surface area (Å²) in [6, 6.07) is 12.9. The highest BCUT2D eigenvalue weighted by molar-refractivity contribution is 5.87. The summed E-state index contributed by atoms with van der Waals surface area (Å²) in [5.74, 6) is -1.36. The Labute approximate surface area is 160 Å². The maximum absolute atomic E-state index is 13.2. The van der Waals surface area contributed by atoms with E-state index in [1.54, 1.807) is 16.7 Å². The predicted molar refractivity (Wildman–Crippen MR) is 107 cm³/mol. The molecule has 0 aliphatic carbocycles. The predicted octanol–water partition coefficient (Wildman–Crippen LogP) is 2.65. The summed E-state index contributed by atoms with van der Waals surface area (Å²) in [5, 5.41) is 19.9. The standard InChI is InChI=1S/C21H21N3O4/c1-12-6-5-7-15-19(12)14(10-22-15)13(2)24-17-9-4-3-8-16(17)23(21(24)28)11-18(25)20(26)27/h3-10,13,18,22,25H,11H2,1-2H3,(H,26,27). The van der Waals surface area contributed by atoms with Crippen LogP contribution in [0.4, 0.5) is 0 Å². The molecule has 0 saturated heterocycles. The minimum absolute atomic E-state index is 0.282. The lowest BCUT2D eigenvalue weighted by Gasteiger charge is -2.14. The molecular formula is C21H21N3O4. The van der Waals surface area contributed by atoms with Crippen molar-refractivity contribution in [2.45, 2.75) is 32.5 Å². The average Bonchev–Trinajstić information content (AvgIpc) is 3.22. The zero-order chi connectivity index (χ0) is 20.0. The number of carbonyl (C=O) groups is 1. The zero-order valence-corrected chi connectivity index (χ0v) is 15.6. The van der Waals surface area contributed by atoms with Crippen LogP contribution < -0.4 is 5.69 Å². The molecule has 7 nitrogen and oxygen atoms in total. The number of carboxylic acids is 1. The van der Waals surface area contributed by atoms with Gasteiger partial charge in [-0.05, 0) is 37.6 Å². The van der Waals surface area contributed by atoms with Crippen molar-refractivity contribution in [3.63, 3.8) is 0 Å². The number of fused-ring (bicyclic) bond motifs is 2. The number of nitrogens with zero attached hydrogens (tertiary/aromatic N) is 2. The largest absolute Gasteiger partial charge is 0.479 e. The lowest BCUT2D eigenvalue weighted by molar-refractivity contribution is -0.147. The number of nitrogens with one attached hydrogen (secondary N) is 1. The van der Waals surface area contributed by atoms with Crippen molar-refractivity contribution < 1.29 is 15.0 Å². The summed E-state index contributed by atoms with van der Waals surface area (Å²) in [7, 11) is 0. The van der Waals surface area contributed by atoms with Crippen LogP contribution in [-0.4, -0.2) is 36.4 Å². The number of carboxylic acid groups (broad SMARTS) is 1. The first-order chi connectivity index (χ1) is 13.4. The molecule has 0 bridgehead atoms. The number of hydrogen-bond donors (Lipinski definition) is 3. The molecule has 2 aromatic heterocycles. The molecule has 0 radical (unpaired) electrons. The number of benzene rings is 2. The molecule has 2 heterocycles. The van der Waals surface area contributed by atoms with Crippen LogP contribution in [0.3, 0.4) is 0 Å². The van der Waals surface area contributed by atoms with E-state index in [0.717, 1.165) is 22.0 Å². The summed E-state index contributed by atoms with van der Waals surface area (Å²) in [6.07, 6.45) is 0.259. The van der Waals surface area contributed by atoms with E-state index in [9.17, 15) is 14.7 Å². The Kier molecular flexibility index (Phi) is 4.31. The number of aromatic nitrogens is 3. The monoisotopic (exact) mass is 379 g/mol. The Bertz CT molecular complexity index is 1250. The SMILES string of the molecule is Cc1cccc2[nH]cc(C(C)n3c(=O)n(CC(O)C(=O)O)c4ccccc43)c12. The minimum Gasteiger partial charge on any atom is -0.479 e. The fourth-order valence-electron chi connectivity index (χ4n) is 3.90. The number of aliphatic hydroxyl groups excluding tert-OH is 1. The molecule has 7 heteroatoms. The van der Waals surface area contributed by atoms with Gasteiger partial charge in [-0.25, -0.2) is 9.59 Å².